The van der Waals surface area contributed by atoms with Crippen molar-refractivity contribution < 1.29 is 0 Å². The summed E-state index contributed by atoms with van der Waals surface area (Å²) >= 11 is 14.8. The summed E-state index contributed by atoms with van der Waals surface area (Å²) in [5, 5.41) is 0. The lowest BCUT2D eigenvalue weighted by Crippen LogP contribution is -2.33. The highest BCUT2D eigenvalue weighted by Crippen LogP contribution is 2.63. The molecule has 4 rings (SSSR count). The van der Waals surface area contributed by atoms with Crippen LogP contribution in [0.25, 0.3) is 0 Å². The van der Waals surface area contributed by atoms with Gasteiger partial charge < -0.3 is 0 Å². The van der Waals surface area contributed by atoms with Crippen LogP contribution in [-0.4, -0.2) is 39.3 Å². The summed E-state index contributed by atoms with van der Waals surface area (Å²) in [6, 6.07) is 0. The maximum absolute atomic E-state index is 7.40. The van der Waals surface area contributed by atoms with Gasteiger partial charge in [-0.15, -0.1) is 23.2 Å². The second-order valence-corrected chi connectivity index (χ2v) is 18.6. The number of alkyl halides is 2. The van der Waals surface area contributed by atoms with Crippen LogP contribution in [0.2, 0.25) is 0 Å². The first-order chi connectivity index (χ1) is 15.1. The van der Waals surface area contributed by atoms with Crippen LogP contribution in [-0.2, 0) is 0 Å². The molecule has 180 valence electrons. The van der Waals surface area contributed by atoms with E-state index in [9.17, 15) is 0 Å². The molecule has 0 N–H and O–H groups in total. The Morgan fingerprint density at radius 2 is 0.645 bits per heavy atom. The van der Waals surface area contributed by atoms with Crippen LogP contribution in [0.1, 0.15) is 128 Å². The molecule has 0 saturated heterocycles. The van der Waals surface area contributed by atoms with Crippen LogP contribution in [0.5, 0.6) is 0 Å². The normalized spacial score (nSPS) is 26.7. The Labute approximate surface area is 206 Å². The topological polar surface area (TPSA) is 0 Å². The number of hydrogen-bond donors (Lipinski definition) is 0. The molecule has 4 aliphatic rings. The van der Waals surface area contributed by atoms with Crippen LogP contribution in [0, 0.1) is 0 Å². The zero-order valence-corrected chi connectivity index (χ0v) is 23.3. The molecule has 0 radical (unpaired) electrons. The standard InChI is InChI=1S/C27H48Cl2P2/c28-27(29,21-30(23-13-5-1-6-14-23)24-15-7-2-8-16-24)22-31(25-17-9-3-10-18-25)26-19-11-4-12-20-26/h23-26H,1-22H2. The quantitative estimate of drug-likeness (QED) is 0.227. The molecule has 4 heteroatoms. The average molecular weight is 506 g/mol. The SMILES string of the molecule is ClC(Cl)(CP(C1CCCCC1)C1CCCCC1)CP(C1CCCCC1)C1CCCCC1. The summed E-state index contributed by atoms with van der Waals surface area (Å²) in [6.45, 7) is 0. The van der Waals surface area contributed by atoms with Gasteiger partial charge in [-0.1, -0.05) is 92.9 Å². The Kier molecular flexibility index (Phi) is 10.7. The molecule has 4 saturated carbocycles. The van der Waals surface area contributed by atoms with E-state index >= 15 is 0 Å². The van der Waals surface area contributed by atoms with E-state index in [-0.39, 0.29) is 15.8 Å². The molecule has 0 aromatic carbocycles. The second kappa shape index (κ2) is 12.9. The van der Waals surface area contributed by atoms with Gasteiger partial charge in [0.15, 0.2) is 0 Å². The highest BCUT2D eigenvalue weighted by atomic mass is 35.5. The number of rotatable bonds is 8. The predicted molar refractivity (Wildman–Crippen MR) is 146 cm³/mol. The van der Waals surface area contributed by atoms with Gasteiger partial charge in [0.05, 0.1) is 0 Å². The minimum Gasteiger partial charge on any atom is -0.101 e. The fraction of sp³-hybridized carbons (Fsp3) is 1.00. The van der Waals surface area contributed by atoms with Gasteiger partial charge in [-0.05, 0) is 74.0 Å². The van der Waals surface area contributed by atoms with E-state index in [1.54, 1.807) is 0 Å². The van der Waals surface area contributed by atoms with E-state index in [1.807, 2.05) is 0 Å². The van der Waals surface area contributed by atoms with E-state index < -0.39 is 4.33 Å². The molecule has 4 fully saturated rings. The number of halogens is 2. The Morgan fingerprint density at radius 3 is 0.871 bits per heavy atom. The Balaban J connectivity index is 1.46. The fourth-order valence-electron chi connectivity index (χ4n) is 7.35. The summed E-state index contributed by atoms with van der Waals surface area (Å²) in [5.41, 5.74) is 3.89. The van der Waals surface area contributed by atoms with Gasteiger partial charge in [0, 0.05) is 12.3 Å². The molecule has 0 amide bonds. The van der Waals surface area contributed by atoms with E-state index in [1.165, 1.54) is 141 Å². The molecule has 4 aliphatic carbocycles. The monoisotopic (exact) mass is 504 g/mol. The highest BCUT2D eigenvalue weighted by Gasteiger charge is 2.41. The third-order valence-electron chi connectivity index (χ3n) is 9.00. The molecule has 0 bridgehead atoms. The maximum Gasteiger partial charge on any atom is 0.126 e. The van der Waals surface area contributed by atoms with Gasteiger partial charge in [-0.25, -0.2) is 0 Å². The molecule has 0 aromatic heterocycles. The molecule has 0 unspecified atom stereocenters. The molecule has 0 aromatic rings. The zero-order valence-electron chi connectivity index (χ0n) is 20.0. The van der Waals surface area contributed by atoms with E-state index in [0.717, 1.165) is 22.6 Å². The summed E-state index contributed by atoms with van der Waals surface area (Å²) < 4.78 is -0.443. The van der Waals surface area contributed by atoms with Gasteiger partial charge in [-0.2, -0.15) is 0 Å². The third-order valence-corrected chi connectivity index (χ3v) is 17.9. The predicted octanol–water partition coefficient (Wildman–Crippen LogP) is 10.5. The first kappa shape index (κ1) is 25.5. The molecule has 31 heavy (non-hydrogen) atoms. The Hall–Kier alpha value is 1.44. The van der Waals surface area contributed by atoms with Crippen molar-refractivity contribution in [2.75, 3.05) is 12.3 Å². The van der Waals surface area contributed by atoms with Crippen molar-refractivity contribution >= 4 is 39.0 Å². The van der Waals surface area contributed by atoms with Crippen molar-refractivity contribution in [3.05, 3.63) is 0 Å². The van der Waals surface area contributed by atoms with Gasteiger partial charge >= 0.3 is 0 Å². The molecular weight excluding hydrogens is 457 g/mol. The van der Waals surface area contributed by atoms with Crippen molar-refractivity contribution in [2.45, 2.75) is 155 Å². The minimum absolute atomic E-state index is 0.00400. The van der Waals surface area contributed by atoms with Crippen molar-refractivity contribution in [2.24, 2.45) is 0 Å². The van der Waals surface area contributed by atoms with Crippen LogP contribution in [0.4, 0.5) is 0 Å². The fourth-order valence-corrected chi connectivity index (χ4v) is 16.8. The first-order valence-corrected chi connectivity index (χ1v) is 18.1. The lowest BCUT2D eigenvalue weighted by molar-refractivity contribution is 0.481. The lowest BCUT2D eigenvalue weighted by atomic mass is 9.99. The Bertz CT molecular complexity index is 421. The zero-order chi connectivity index (χ0) is 21.5. The second-order valence-electron chi connectivity index (χ2n) is 11.4. The van der Waals surface area contributed by atoms with Crippen molar-refractivity contribution in [3.63, 3.8) is 0 Å². The van der Waals surface area contributed by atoms with Gasteiger partial charge in [0.2, 0.25) is 0 Å². The maximum atomic E-state index is 7.40. The van der Waals surface area contributed by atoms with Crippen molar-refractivity contribution in [3.8, 4) is 0 Å². The minimum atomic E-state index is -0.443. The van der Waals surface area contributed by atoms with Gasteiger partial charge in [0.25, 0.3) is 0 Å². The Morgan fingerprint density at radius 1 is 0.419 bits per heavy atom. The van der Waals surface area contributed by atoms with E-state index in [0.29, 0.717) is 0 Å². The first-order valence-electron chi connectivity index (χ1n) is 14.0. The molecular formula is C27H48Cl2P2. The molecule has 0 heterocycles. The third kappa shape index (κ3) is 7.71. The van der Waals surface area contributed by atoms with Crippen LogP contribution in [0.3, 0.4) is 0 Å². The molecule has 0 nitrogen and oxygen atoms in total. The summed E-state index contributed by atoms with van der Waals surface area (Å²) in [5.74, 6) is 0. The van der Waals surface area contributed by atoms with Gasteiger partial charge in [-0.3, -0.25) is 0 Å². The van der Waals surface area contributed by atoms with E-state index in [4.69, 9.17) is 23.2 Å². The van der Waals surface area contributed by atoms with Crippen molar-refractivity contribution in [1.29, 1.82) is 0 Å². The van der Waals surface area contributed by atoms with Crippen LogP contribution < -0.4 is 0 Å². The summed E-state index contributed by atoms with van der Waals surface area (Å²) in [4.78, 5) is 0. The number of hydrogen-bond acceptors (Lipinski definition) is 0. The van der Waals surface area contributed by atoms with Crippen LogP contribution >= 0.6 is 39.0 Å². The molecule has 0 atom stereocenters. The lowest BCUT2D eigenvalue weighted by Gasteiger charge is -2.44. The molecule has 0 aliphatic heterocycles. The summed E-state index contributed by atoms with van der Waals surface area (Å²) in [6.07, 6.45) is 31.7. The largest absolute Gasteiger partial charge is 0.126 e. The van der Waals surface area contributed by atoms with Crippen molar-refractivity contribution in [1.82, 2.24) is 0 Å². The average Bonchev–Trinajstić information content (AvgIpc) is 2.83. The van der Waals surface area contributed by atoms with Gasteiger partial charge in [0.1, 0.15) is 4.33 Å². The van der Waals surface area contributed by atoms with Crippen LogP contribution in [0.15, 0.2) is 0 Å². The summed E-state index contributed by atoms with van der Waals surface area (Å²) in [7, 11) is -0.00800. The molecule has 0 spiro atoms. The smallest absolute Gasteiger partial charge is 0.101 e. The van der Waals surface area contributed by atoms with E-state index in [2.05, 4.69) is 0 Å². The highest BCUT2D eigenvalue weighted by molar-refractivity contribution is 7.61.